The van der Waals surface area contributed by atoms with E-state index in [2.05, 4.69) is 42.6 Å². The van der Waals surface area contributed by atoms with Gasteiger partial charge in [-0.3, -0.25) is 9.59 Å². The molecule has 1 amide bonds. The van der Waals surface area contributed by atoms with Crippen molar-refractivity contribution in [3.63, 3.8) is 0 Å². The van der Waals surface area contributed by atoms with Crippen molar-refractivity contribution in [3.05, 3.63) is 70.8 Å². The fraction of sp³-hybridized carbons (Fsp3) is 0.304. The minimum absolute atomic E-state index is 0.0167. The first-order valence-electron chi connectivity index (χ1n) is 9.18. The van der Waals surface area contributed by atoms with Crippen molar-refractivity contribution in [2.24, 2.45) is 5.41 Å². The van der Waals surface area contributed by atoms with Crippen molar-refractivity contribution in [3.8, 4) is 0 Å². The van der Waals surface area contributed by atoms with Crippen molar-refractivity contribution in [2.75, 3.05) is 5.32 Å². The first kappa shape index (κ1) is 16.8. The van der Waals surface area contributed by atoms with Crippen molar-refractivity contribution in [1.29, 1.82) is 0 Å². The number of anilines is 1. The quantitative estimate of drug-likeness (QED) is 0.891. The standard InChI is InChI=1S/C23H23NO2/c1-15-20-14-23(13-17-6-4-3-5-7-17)11-10-18(26)12-21(23)19(20)8-9-22(15)24-16(2)25/h3-9,12H,10-11,13-14H2,1-2H3,(H,24,25). The zero-order valence-corrected chi connectivity index (χ0v) is 15.3. The Bertz CT molecular complexity index is 927. The van der Waals surface area contributed by atoms with E-state index in [0.717, 1.165) is 30.5 Å². The minimum Gasteiger partial charge on any atom is -0.326 e. The maximum atomic E-state index is 12.2. The molecule has 4 rings (SSSR count). The topological polar surface area (TPSA) is 46.2 Å². The van der Waals surface area contributed by atoms with Crippen molar-refractivity contribution < 1.29 is 9.59 Å². The Labute approximate surface area is 154 Å². The summed E-state index contributed by atoms with van der Waals surface area (Å²) in [7, 11) is 0. The first-order chi connectivity index (χ1) is 12.5. The highest BCUT2D eigenvalue weighted by atomic mass is 16.1. The lowest BCUT2D eigenvalue weighted by Crippen LogP contribution is -2.28. The highest BCUT2D eigenvalue weighted by molar-refractivity contribution is 6.02. The summed E-state index contributed by atoms with van der Waals surface area (Å²) in [6.45, 7) is 3.60. The van der Waals surface area contributed by atoms with Crippen molar-refractivity contribution in [1.82, 2.24) is 0 Å². The summed E-state index contributed by atoms with van der Waals surface area (Å²) in [5.41, 5.74) is 6.92. The second kappa shape index (κ2) is 6.24. The van der Waals surface area contributed by atoms with Crippen LogP contribution in [0.4, 0.5) is 5.69 Å². The first-order valence-corrected chi connectivity index (χ1v) is 9.18. The summed E-state index contributed by atoms with van der Waals surface area (Å²) in [6.07, 6.45) is 5.24. The average Bonchev–Trinajstić information content (AvgIpc) is 2.93. The van der Waals surface area contributed by atoms with Crippen LogP contribution in [0.5, 0.6) is 0 Å². The molecule has 0 heterocycles. The Morgan fingerprint density at radius 3 is 2.65 bits per heavy atom. The summed E-state index contributed by atoms with van der Waals surface area (Å²) in [5.74, 6) is 0.164. The van der Waals surface area contributed by atoms with Crippen LogP contribution in [-0.4, -0.2) is 11.7 Å². The third-order valence-electron chi connectivity index (χ3n) is 5.83. The van der Waals surface area contributed by atoms with Gasteiger partial charge in [0.1, 0.15) is 0 Å². The van der Waals surface area contributed by atoms with Crippen LogP contribution < -0.4 is 5.32 Å². The summed E-state index contributed by atoms with van der Waals surface area (Å²) in [6, 6.07) is 14.6. The molecular weight excluding hydrogens is 322 g/mol. The van der Waals surface area contributed by atoms with Gasteiger partial charge in [0.2, 0.25) is 5.91 Å². The molecule has 3 nitrogen and oxygen atoms in total. The number of nitrogens with one attached hydrogen (secondary N) is 1. The molecule has 0 aromatic heterocycles. The van der Waals surface area contributed by atoms with Crippen molar-refractivity contribution in [2.45, 2.75) is 39.5 Å². The second-order valence-corrected chi connectivity index (χ2v) is 7.59. The number of carbonyl (C=O) groups is 2. The van der Waals surface area contributed by atoms with Crippen LogP contribution in [0.15, 0.2) is 48.5 Å². The van der Waals surface area contributed by atoms with Crippen LogP contribution in [0.25, 0.3) is 5.57 Å². The average molecular weight is 345 g/mol. The van der Waals surface area contributed by atoms with Gasteiger partial charge in [-0.25, -0.2) is 0 Å². The molecule has 0 fully saturated rings. The van der Waals surface area contributed by atoms with Gasteiger partial charge in [-0.15, -0.1) is 0 Å². The molecule has 2 aliphatic rings. The Morgan fingerprint density at radius 2 is 1.92 bits per heavy atom. The van der Waals surface area contributed by atoms with E-state index in [-0.39, 0.29) is 17.1 Å². The number of ketones is 1. The van der Waals surface area contributed by atoms with Gasteiger partial charge in [-0.2, -0.15) is 0 Å². The molecule has 0 saturated heterocycles. The molecule has 2 aromatic carbocycles. The number of rotatable bonds is 3. The van der Waals surface area contributed by atoms with Gasteiger partial charge in [-0.1, -0.05) is 36.4 Å². The molecule has 1 atom stereocenters. The molecule has 0 saturated carbocycles. The molecule has 1 N–H and O–H groups in total. The molecule has 0 bridgehead atoms. The number of hydrogen-bond acceptors (Lipinski definition) is 2. The maximum absolute atomic E-state index is 12.2. The molecule has 3 heteroatoms. The second-order valence-electron chi connectivity index (χ2n) is 7.59. The molecule has 2 aromatic rings. The highest BCUT2D eigenvalue weighted by Crippen LogP contribution is 2.54. The number of hydrogen-bond donors (Lipinski definition) is 1. The Hall–Kier alpha value is -2.68. The molecular formula is C23H23NO2. The number of carbonyl (C=O) groups excluding carboxylic acids is 2. The van der Waals surface area contributed by atoms with E-state index in [4.69, 9.17) is 0 Å². The minimum atomic E-state index is -0.0585. The molecule has 0 aliphatic heterocycles. The maximum Gasteiger partial charge on any atom is 0.221 e. The Balaban J connectivity index is 1.80. The van der Waals surface area contributed by atoms with E-state index in [1.54, 1.807) is 0 Å². The van der Waals surface area contributed by atoms with Crippen LogP contribution in [0.2, 0.25) is 0 Å². The smallest absolute Gasteiger partial charge is 0.221 e. The number of fused-ring (bicyclic) bond motifs is 3. The van der Waals surface area contributed by atoms with Crippen LogP contribution >= 0.6 is 0 Å². The third-order valence-corrected chi connectivity index (χ3v) is 5.83. The predicted octanol–water partition coefficient (Wildman–Crippen LogP) is 4.48. The zero-order chi connectivity index (χ0) is 18.3. The highest BCUT2D eigenvalue weighted by Gasteiger charge is 2.44. The SMILES string of the molecule is CC(=O)Nc1ccc2c(c1C)CC1(Cc3ccccc3)CCC(=O)C=C21. The fourth-order valence-corrected chi connectivity index (χ4v) is 4.56. The lowest BCUT2D eigenvalue weighted by molar-refractivity contribution is -0.115. The predicted molar refractivity (Wildman–Crippen MR) is 104 cm³/mol. The lowest BCUT2D eigenvalue weighted by Gasteiger charge is -2.34. The van der Waals surface area contributed by atoms with Gasteiger partial charge in [-0.05, 0) is 66.2 Å². The molecule has 26 heavy (non-hydrogen) atoms. The van der Waals surface area contributed by atoms with E-state index >= 15 is 0 Å². The van der Waals surface area contributed by atoms with Crippen LogP contribution in [0.1, 0.15) is 42.0 Å². The molecule has 2 aliphatic carbocycles. The van der Waals surface area contributed by atoms with Crippen LogP contribution in [0.3, 0.4) is 0 Å². The molecule has 132 valence electrons. The summed E-state index contributed by atoms with van der Waals surface area (Å²) in [4.78, 5) is 23.7. The lowest BCUT2D eigenvalue weighted by atomic mass is 9.69. The molecule has 0 radical (unpaired) electrons. The normalized spacial score (nSPS) is 21.0. The Kier molecular flexibility index (Phi) is 4.03. The van der Waals surface area contributed by atoms with Gasteiger partial charge < -0.3 is 5.32 Å². The third kappa shape index (κ3) is 2.78. The molecule has 1 unspecified atom stereocenters. The largest absolute Gasteiger partial charge is 0.326 e. The van der Waals surface area contributed by atoms with E-state index in [0.29, 0.717) is 6.42 Å². The van der Waals surface area contributed by atoms with E-state index < -0.39 is 0 Å². The molecule has 0 spiro atoms. The van der Waals surface area contributed by atoms with Gasteiger partial charge >= 0.3 is 0 Å². The van der Waals surface area contributed by atoms with E-state index in [9.17, 15) is 9.59 Å². The van der Waals surface area contributed by atoms with Gasteiger partial charge in [0.25, 0.3) is 0 Å². The number of benzene rings is 2. The summed E-state index contributed by atoms with van der Waals surface area (Å²) >= 11 is 0. The van der Waals surface area contributed by atoms with Crippen LogP contribution in [-0.2, 0) is 22.4 Å². The van der Waals surface area contributed by atoms with Crippen LogP contribution in [0, 0.1) is 12.3 Å². The van der Waals surface area contributed by atoms with Crippen molar-refractivity contribution >= 4 is 23.0 Å². The van der Waals surface area contributed by atoms with Gasteiger partial charge in [0.15, 0.2) is 5.78 Å². The zero-order valence-electron chi connectivity index (χ0n) is 15.3. The number of amides is 1. The number of allylic oxidation sites excluding steroid dienone is 2. The Morgan fingerprint density at radius 1 is 1.15 bits per heavy atom. The van der Waals surface area contributed by atoms with E-state index in [1.165, 1.54) is 29.2 Å². The van der Waals surface area contributed by atoms with Gasteiger partial charge in [0, 0.05) is 24.4 Å². The van der Waals surface area contributed by atoms with Gasteiger partial charge in [0.05, 0.1) is 0 Å². The van der Waals surface area contributed by atoms with E-state index in [1.807, 2.05) is 18.2 Å². The monoisotopic (exact) mass is 345 g/mol. The fourth-order valence-electron chi connectivity index (χ4n) is 4.56. The summed E-state index contributed by atoms with van der Waals surface area (Å²) < 4.78 is 0. The summed E-state index contributed by atoms with van der Waals surface area (Å²) in [5, 5.41) is 2.93.